The summed E-state index contributed by atoms with van der Waals surface area (Å²) in [6.45, 7) is 7.88. The summed E-state index contributed by atoms with van der Waals surface area (Å²) < 4.78 is 12.0. The fourth-order valence-electron chi connectivity index (χ4n) is 1.53. The molecule has 3 nitrogen and oxygen atoms in total. The number of nitrogens with two attached hydrogens (primary N) is 1. The van der Waals surface area contributed by atoms with Gasteiger partial charge in [0.1, 0.15) is 0 Å². The number of hydrogen-bond acceptors (Lipinski definition) is 3. The second kappa shape index (κ2) is 5.27. The molecule has 0 aliphatic heterocycles. The van der Waals surface area contributed by atoms with Crippen molar-refractivity contribution < 1.29 is 9.47 Å². The summed E-state index contributed by atoms with van der Waals surface area (Å²) >= 11 is 3.51. The predicted molar refractivity (Wildman–Crippen MR) is 73.7 cm³/mol. The first kappa shape index (κ1) is 14.3. The lowest BCUT2D eigenvalue weighted by Crippen LogP contribution is -2.29. The van der Waals surface area contributed by atoms with Gasteiger partial charge in [0.25, 0.3) is 0 Å². The van der Waals surface area contributed by atoms with E-state index in [-0.39, 0.29) is 6.10 Å². The molecule has 0 radical (unpaired) electrons. The van der Waals surface area contributed by atoms with Crippen molar-refractivity contribution in [1.29, 1.82) is 0 Å². The summed E-state index contributed by atoms with van der Waals surface area (Å²) in [6.07, 6.45) is 0.0961. The lowest BCUT2D eigenvalue weighted by Gasteiger charge is -2.23. The molecular formula is C13H20BrNO2. The molecule has 0 saturated heterocycles. The highest BCUT2D eigenvalue weighted by atomic mass is 79.9. The van der Waals surface area contributed by atoms with E-state index in [1.807, 2.05) is 39.8 Å². The fraction of sp³-hybridized carbons (Fsp3) is 0.538. The van der Waals surface area contributed by atoms with Crippen LogP contribution >= 0.6 is 15.9 Å². The molecule has 1 aromatic carbocycles. The smallest absolute Gasteiger partial charge is 0.161 e. The lowest BCUT2D eigenvalue weighted by atomic mass is 9.95. The van der Waals surface area contributed by atoms with Gasteiger partial charge in [-0.1, -0.05) is 15.9 Å². The van der Waals surface area contributed by atoms with Crippen molar-refractivity contribution in [3.8, 4) is 11.5 Å². The molecule has 0 aromatic heterocycles. The molecule has 0 bridgehead atoms. The number of halogens is 1. The summed E-state index contributed by atoms with van der Waals surface area (Å²) in [6, 6.07) is 3.82. The minimum atomic E-state index is -0.430. The third-order valence-corrected chi connectivity index (χ3v) is 2.97. The van der Waals surface area contributed by atoms with Crippen LogP contribution in [0, 0.1) is 0 Å². The zero-order valence-corrected chi connectivity index (χ0v) is 12.6. The normalized spacial score (nSPS) is 11.8. The molecule has 2 N–H and O–H groups in total. The summed E-state index contributed by atoms with van der Waals surface area (Å²) in [4.78, 5) is 0. The van der Waals surface area contributed by atoms with Gasteiger partial charge < -0.3 is 15.2 Å². The summed E-state index contributed by atoms with van der Waals surface area (Å²) in [5.41, 5.74) is 6.69. The lowest BCUT2D eigenvalue weighted by molar-refractivity contribution is 0.229. The van der Waals surface area contributed by atoms with Crippen molar-refractivity contribution in [2.24, 2.45) is 5.73 Å². The molecule has 0 amide bonds. The third-order valence-electron chi connectivity index (χ3n) is 2.31. The van der Waals surface area contributed by atoms with E-state index < -0.39 is 5.54 Å². The number of benzene rings is 1. The van der Waals surface area contributed by atoms with E-state index >= 15 is 0 Å². The molecule has 17 heavy (non-hydrogen) atoms. The van der Waals surface area contributed by atoms with Crippen molar-refractivity contribution in [2.45, 2.75) is 39.3 Å². The van der Waals surface area contributed by atoms with E-state index in [0.29, 0.717) is 5.75 Å². The first-order valence-corrected chi connectivity index (χ1v) is 6.38. The van der Waals surface area contributed by atoms with Crippen LogP contribution in [0.4, 0.5) is 0 Å². The van der Waals surface area contributed by atoms with E-state index in [0.717, 1.165) is 15.8 Å². The summed E-state index contributed by atoms with van der Waals surface area (Å²) in [7, 11) is 1.63. The molecule has 0 heterocycles. The van der Waals surface area contributed by atoms with Crippen molar-refractivity contribution in [2.75, 3.05) is 7.11 Å². The van der Waals surface area contributed by atoms with Crippen LogP contribution in [0.5, 0.6) is 11.5 Å². The van der Waals surface area contributed by atoms with Crippen molar-refractivity contribution in [3.05, 3.63) is 22.2 Å². The van der Waals surface area contributed by atoms with Crippen LogP contribution in [0.3, 0.4) is 0 Å². The van der Waals surface area contributed by atoms with Gasteiger partial charge in [0, 0.05) is 10.0 Å². The Bertz CT molecular complexity index is 397. The fourth-order valence-corrected chi connectivity index (χ4v) is 2.37. The van der Waals surface area contributed by atoms with E-state index in [2.05, 4.69) is 15.9 Å². The van der Waals surface area contributed by atoms with Crippen molar-refractivity contribution in [1.82, 2.24) is 0 Å². The minimum Gasteiger partial charge on any atom is -0.493 e. The van der Waals surface area contributed by atoms with Gasteiger partial charge in [-0.2, -0.15) is 0 Å². The molecule has 1 aromatic rings. The molecule has 4 heteroatoms. The van der Waals surface area contributed by atoms with E-state index in [4.69, 9.17) is 15.2 Å². The summed E-state index contributed by atoms with van der Waals surface area (Å²) in [5.74, 6) is 1.43. The average Bonchev–Trinajstić information content (AvgIpc) is 2.17. The third kappa shape index (κ3) is 3.61. The minimum absolute atomic E-state index is 0.0961. The number of hydrogen-bond donors (Lipinski definition) is 1. The van der Waals surface area contributed by atoms with Gasteiger partial charge in [-0.15, -0.1) is 0 Å². The highest BCUT2D eigenvalue weighted by molar-refractivity contribution is 9.10. The van der Waals surface area contributed by atoms with Crippen LogP contribution in [0.2, 0.25) is 0 Å². The predicted octanol–water partition coefficient (Wildman–Crippen LogP) is 3.44. The molecule has 0 spiro atoms. The molecule has 0 saturated carbocycles. The van der Waals surface area contributed by atoms with Gasteiger partial charge >= 0.3 is 0 Å². The largest absolute Gasteiger partial charge is 0.493 e. The first-order chi connectivity index (χ1) is 7.75. The number of ether oxygens (including phenoxy) is 2. The van der Waals surface area contributed by atoms with Gasteiger partial charge in [-0.3, -0.25) is 0 Å². The van der Waals surface area contributed by atoms with E-state index in [1.165, 1.54) is 0 Å². The van der Waals surface area contributed by atoms with Gasteiger partial charge in [0.05, 0.1) is 13.2 Å². The highest BCUT2D eigenvalue weighted by Gasteiger charge is 2.21. The Hall–Kier alpha value is -0.740. The van der Waals surface area contributed by atoms with Gasteiger partial charge in [-0.05, 0) is 45.4 Å². The van der Waals surface area contributed by atoms with Gasteiger partial charge in [0.15, 0.2) is 11.5 Å². The maximum atomic E-state index is 6.12. The Morgan fingerprint density at radius 2 is 1.82 bits per heavy atom. The first-order valence-electron chi connectivity index (χ1n) is 5.59. The highest BCUT2D eigenvalue weighted by Crippen LogP contribution is 2.37. The molecule has 1 rings (SSSR count). The summed E-state index contributed by atoms with van der Waals surface area (Å²) in [5, 5.41) is 0. The topological polar surface area (TPSA) is 44.5 Å². The zero-order chi connectivity index (χ0) is 13.2. The van der Waals surface area contributed by atoms with E-state index in [9.17, 15) is 0 Å². The Balaban J connectivity index is 3.27. The average molecular weight is 302 g/mol. The maximum absolute atomic E-state index is 6.12. The second-order valence-corrected chi connectivity index (χ2v) is 5.73. The number of methoxy groups -OCH3 is 1. The Morgan fingerprint density at radius 1 is 1.24 bits per heavy atom. The number of rotatable bonds is 4. The van der Waals surface area contributed by atoms with Crippen LogP contribution in [0.25, 0.3) is 0 Å². The molecular weight excluding hydrogens is 282 g/mol. The second-order valence-electron chi connectivity index (χ2n) is 4.87. The standard InChI is InChI=1S/C13H20BrNO2/c1-8(2)17-12-6-9(13(3,4)15)10(14)7-11(12)16-5/h6-8H,15H2,1-5H3. The molecule has 0 atom stereocenters. The molecule has 0 aliphatic carbocycles. The molecule has 96 valence electrons. The monoisotopic (exact) mass is 301 g/mol. The Kier molecular flexibility index (Phi) is 4.44. The quantitative estimate of drug-likeness (QED) is 0.926. The van der Waals surface area contributed by atoms with Crippen LogP contribution in [0.1, 0.15) is 33.3 Å². The van der Waals surface area contributed by atoms with Crippen LogP contribution in [0.15, 0.2) is 16.6 Å². The van der Waals surface area contributed by atoms with Crippen molar-refractivity contribution >= 4 is 15.9 Å². The SMILES string of the molecule is COc1cc(Br)c(C(C)(C)N)cc1OC(C)C. The van der Waals surface area contributed by atoms with Crippen LogP contribution in [-0.2, 0) is 5.54 Å². The maximum Gasteiger partial charge on any atom is 0.161 e. The molecule has 0 aliphatic rings. The molecule has 0 fully saturated rings. The van der Waals surface area contributed by atoms with Crippen LogP contribution < -0.4 is 15.2 Å². The van der Waals surface area contributed by atoms with Crippen LogP contribution in [-0.4, -0.2) is 13.2 Å². The van der Waals surface area contributed by atoms with Crippen molar-refractivity contribution in [3.63, 3.8) is 0 Å². The molecule has 0 unspecified atom stereocenters. The zero-order valence-electron chi connectivity index (χ0n) is 11.0. The Morgan fingerprint density at radius 3 is 2.24 bits per heavy atom. The Labute approximate surface area is 111 Å². The van der Waals surface area contributed by atoms with Gasteiger partial charge in [-0.25, -0.2) is 0 Å². The van der Waals surface area contributed by atoms with Gasteiger partial charge in [0.2, 0.25) is 0 Å². The van der Waals surface area contributed by atoms with E-state index in [1.54, 1.807) is 7.11 Å².